The number of hydrogen-bond acceptors (Lipinski definition) is 5. The number of hydrogen-bond donors (Lipinski definition) is 3. The van der Waals surface area contributed by atoms with Gasteiger partial charge in [0.1, 0.15) is 13.2 Å². The molecular formula is C39H80N2O6P+. The molecule has 0 fully saturated rings. The Hall–Kier alpha value is -0.760. The molecule has 3 N–H and O–H groups in total. The Bertz CT molecular complexity index is 804. The molecule has 1 amide bonds. The highest BCUT2D eigenvalue weighted by Gasteiger charge is 2.28. The number of amides is 1. The molecule has 0 aromatic rings. The van der Waals surface area contributed by atoms with E-state index in [1.54, 1.807) is 0 Å². The van der Waals surface area contributed by atoms with Gasteiger partial charge in [-0.3, -0.25) is 13.8 Å². The van der Waals surface area contributed by atoms with Crippen LogP contribution in [0.2, 0.25) is 0 Å². The van der Waals surface area contributed by atoms with Crippen LogP contribution < -0.4 is 5.32 Å². The van der Waals surface area contributed by atoms with Crippen molar-refractivity contribution in [1.82, 2.24) is 5.32 Å². The van der Waals surface area contributed by atoms with E-state index in [9.17, 15) is 19.4 Å². The van der Waals surface area contributed by atoms with Gasteiger partial charge in [-0.25, -0.2) is 4.57 Å². The van der Waals surface area contributed by atoms with E-state index in [1.807, 2.05) is 21.1 Å². The first-order valence-corrected chi connectivity index (χ1v) is 21.5. The highest BCUT2D eigenvalue weighted by molar-refractivity contribution is 7.47. The zero-order chi connectivity index (χ0) is 35.8. The number of carbonyl (C=O) groups excluding carboxylic acids is 1. The fourth-order valence-electron chi connectivity index (χ4n) is 5.74. The summed E-state index contributed by atoms with van der Waals surface area (Å²) in [5, 5.41) is 13.9. The second kappa shape index (κ2) is 32.2. The van der Waals surface area contributed by atoms with Crippen LogP contribution in [0.1, 0.15) is 181 Å². The summed E-state index contributed by atoms with van der Waals surface area (Å²) >= 11 is 0. The molecule has 0 radical (unpaired) electrons. The molecule has 0 saturated carbocycles. The van der Waals surface area contributed by atoms with Gasteiger partial charge in [0.25, 0.3) is 0 Å². The molecule has 0 rings (SSSR count). The molecule has 0 spiro atoms. The number of phosphoric ester groups is 1. The van der Waals surface area contributed by atoms with Gasteiger partial charge in [0.2, 0.25) is 5.91 Å². The van der Waals surface area contributed by atoms with Gasteiger partial charge >= 0.3 is 7.82 Å². The number of unbranched alkanes of at least 4 members (excludes halogenated alkanes) is 21. The van der Waals surface area contributed by atoms with Gasteiger partial charge in [0.15, 0.2) is 0 Å². The second-order valence-electron chi connectivity index (χ2n) is 15.0. The maximum atomic E-state index is 12.8. The molecule has 48 heavy (non-hydrogen) atoms. The average molecular weight is 704 g/mol. The largest absolute Gasteiger partial charge is 0.472 e. The molecule has 0 aromatic carbocycles. The lowest BCUT2D eigenvalue weighted by Gasteiger charge is -2.26. The van der Waals surface area contributed by atoms with Crippen molar-refractivity contribution < 1.29 is 32.9 Å². The maximum absolute atomic E-state index is 12.8. The van der Waals surface area contributed by atoms with E-state index < -0.39 is 20.0 Å². The van der Waals surface area contributed by atoms with Crippen LogP contribution in [0.3, 0.4) is 0 Å². The van der Waals surface area contributed by atoms with Crippen molar-refractivity contribution in [2.75, 3.05) is 40.9 Å². The van der Waals surface area contributed by atoms with E-state index >= 15 is 0 Å². The van der Waals surface area contributed by atoms with E-state index in [2.05, 4.69) is 31.3 Å². The molecule has 8 nitrogen and oxygen atoms in total. The van der Waals surface area contributed by atoms with E-state index in [0.717, 1.165) is 51.4 Å². The number of carbonyl (C=O) groups is 1. The van der Waals surface area contributed by atoms with Gasteiger partial charge in [0, 0.05) is 6.42 Å². The number of likely N-dealkylation sites (N-methyl/N-ethyl adjacent to an activating group) is 1. The van der Waals surface area contributed by atoms with Crippen LogP contribution in [0.4, 0.5) is 0 Å². The Morgan fingerprint density at radius 2 is 1.12 bits per heavy atom. The first-order valence-electron chi connectivity index (χ1n) is 20.1. The molecule has 0 aliphatic rings. The molecule has 3 unspecified atom stereocenters. The van der Waals surface area contributed by atoms with Crippen LogP contribution in [0.15, 0.2) is 12.2 Å². The number of aliphatic hydroxyl groups is 1. The first kappa shape index (κ1) is 47.2. The Balaban J connectivity index is 4.45. The summed E-state index contributed by atoms with van der Waals surface area (Å²) in [4.78, 5) is 23.0. The number of phosphoric acid groups is 1. The predicted octanol–water partition coefficient (Wildman–Crippen LogP) is 10.4. The number of allylic oxidation sites excluding steroid dienone is 2. The Morgan fingerprint density at radius 3 is 1.62 bits per heavy atom. The van der Waals surface area contributed by atoms with Crippen molar-refractivity contribution >= 4 is 13.7 Å². The third-order valence-electron chi connectivity index (χ3n) is 9.01. The SMILES string of the molecule is CCCCCC/C=C\CCCCCCCC(=O)NC(COP(=O)(O)OCC[N+](C)(C)C)C(O)CCCCCCCCCCCCCCC. The van der Waals surface area contributed by atoms with Crippen molar-refractivity contribution in [2.45, 2.75) is 193 Å². The zero-order valence-electron chi connectivity index (χ0n) is 32.2. The fraction of sp³-hybridized carbons (Fsp3) is 0.923. The minimum atomic E-state index is -4.30. The van der Waals surface area contributed by atoms with Gasteiger partial charge in [-0.05, 0) is 38.5 Å². The molecular weight excluding hydrogens is 623 g/mol. The summed E-state index contributed by atoms with van der Waals surface area (Å²) in [5.41, 5.74) is 0. The van der Waals surface area contributed by atoms with Crippen LogP contribution in [-0.4, -0.2) is 73.4 Å². The second-order valence-corrected chi connectivity index (χ2v) is 16.5. The quantitative estimate of drug-likeness (QED) is 0.0260. The molecule has 0 bridgehead atoms. The third-order valence-corrected chi connectivity index (χ3v) is 10.00. The predicted molar refractivity (Wildman–Crippen MR) is 203 cm³/mol. The number of rotatable bonds is 36. The number of quaternary nitrogens is 1. The number of nitrogens with one attached hydrogen (secondary N) is 1. The molecule has 3 atom stereocenters. The Kier molecular flexibility index (Phi) is 31.7. The van der Waals surface area contributed by atoms with Gasteiger partial charge in [0.05, 0.1) is 39.9 Å². The molecule has 0 aliphatic heterocycles. The lowest BCUT2D eigenvalue weighted by Crippen LogP contribution is -2.46. The van der Waals surface area contributed by atoms with Crippen molar-refractivity contribution in [3.05, 3.63) is 12.2 Å². The first-order chi connectivity index (χ1) is 23.0. The Labute approximate surface area is 297 Å². The molecule has 286 valence electrons. The zero-order valence-corrected chi connectivity index (χ0v) is 33.1. The lowest BCUT2D eigenvalue weighted by molar-refractivity contribution is -0.870. The van der Waals surface area contributed by atoms with Crippen molar-refractivity contribution in [2.24, 2.45) is 0 Å². The fourth-order valence-corrected chi connectivity index (χ4v) is 6.48. The normalized spacial score (nSPS) is 14.7. The van der Waals surface area contributed by atoms with Crippen LogP contribution in [0.25, 0.3) is 0 Å². The summed E-state index contributed by atoms with van der Waals surface area (Å²) in [5.74, 6) is -0.155. The Morgan fingerprint density at radius 1 is 0.688 bits per heavy atom. The van der Waals surface area contributed by atoms with Gasteiger partial charge in [-0.1, -0.05) is 148 Å². The van der Waals surface area contributed by atoms with Crippen LogP contribution >= 0.6 is 7.82 Å². The minimum absolute atomic E-state index is 0.0746. The summed E-state index contributed by atoms with van der Waals surface area (Å²) < 4.78 is 23.5. The number of aliphatic hydroxyl groups excluding tert-OH is 1. The lowest BCUT2D eigenvalue weighted by atomic mass is 10.0. The van der Waals surface area contributed by atoms with Gasteiger partial charge in [-0.2, -0.15) is 0 Å². The standard InChI is InChI=1S/C39H79N2O6P/c1-6-8-10-12-14-16-18-20-22-24-26-28-30-32-38(42)37(36-47-48(44,45)46-35-34-41(3,4)5)40-39(43)33-31-29-27-25-23-21-19-17-15-13-11-9-7-2/h17,19,37-38,42H,6-16,18,20-36H2,1-5H3,(H-,40,43,44,45)/p+1/b19-17-. The van der Waals surface area contributed by atoms with Crippen LogP contribution in [0, 0.1) is 0 Å². The average Bonchev–Trinajstić information content (AvgIpc) is 3.02. The molecule has 0 heterocycles. The molecule has 0 aromatic heterocycles. The summed E-state index contributed by atoms with van der Waals surface area (Å²) in [6.45, 7) is 4.85. The minimum Gasteiger partial charge on any atom is -0.391 e. The van der Waals surface area contributed by atoms with E-state index in [-0.39, 0.29) is 19.1 Å². The highest BCUT2D eigenvalue weighted by atomic mass is 31.2. The number of nitrogens with zero attached hydrogens (tertiary/aromatic N) is 1. The smallest absolute Gasteiger partial charge is 0.391 e. The van der Waals surface area contributed by atoms with E-state index in [1.165, 1.54) is 103 Å². The van der Waals surface area contributed by atoms with E-state index in [0.29, 0.717) is 23.9 Å². The summed E-state index contributed by atoms with van der Waals surface area (Å²) in [6, 6.07) is -0.758. The summed E-state index contributed by atoms with van der Waals surface area (Å²) in [6.07, 6.45) is 33.7. The van der Waals surface area contributed by atoms with Crippen molar-refractivity contribution in [3.63, 3.8) is 0 Å². The van der Waals surface area contributed by atoms with E-state index in [4.69, 9.17) is 9.05 Å². The molecule has 9 heteroatoms. The molecule has 0 aliphatic carbocycles. The third kappa shape index (κ3) is 33.7. The monoisotopic (exact) mass is 704 g/mol. The molecule has 0 saturated heterocycles. The van der Waals surface area contributed by atoms with Gasteiger partial charge < -0.3 is 19.8 Å². The van der Waals surface area contributed by atoms with Crippen LogP contribution in [0.5, 0.6) is 0 Å². The highest BCUT2D eigenvalue weighted by Crippen LogP contribution is 2.43. The maximum Gasteiger partial charge on any atom is 0.472 e. The summed E-state index contributed by atoms with van der Waals surface area (Å²) in [7, 11) is 1.61. The van der Waals surface area contributed by atoms with Crippen LogP contribution in [-0.2, 0) is 18.4 Å². The topological polar surface area (TPSA) is 105 Å². The van der Waals surface area contributed by atoms with Gasteiger partial charge in [-0.15, -0.1) is 0 Å². The van der Waals surface area contributed by atoms with Crippen molar-refractivity contribution in [3.8, 4) is 0 Å². The van der Waals surface area contributed by atoms with Crippen molar-refractivity contribution in [1.29, 1.82) is 0 Å².